The number of likely N-dealkylation sites (tertiary alicyclic amines) is 2. The van der Waals surface area contributed by atoms with Crippen molar-refractivity contribution in [3.63, 3.8) is 0 Å². The van der Waals surface area contributed by atoms with E-state index >= 15 is 0 Å². The Labute approximate surface area is 106 Å². The lowest BCUT2D eigenvalue weighted by molar-refractivity contribution is 0.0978. The molecule has 4 nitrogen and oxygen atoms in total. The maximum absolute atomic E-state index is 10.2. The molecular formula is C12H19N3OS. The third-order valence-corrected chi connectivity index (χ3v) is 4.57. The zero-order chi connectivity index (χ0) is 11.7. The van der Waals surface area contributed by atoms with Crippen LogP contribution in [0, 0.1) is 0 Å². The normalized spacial score (nSPS) is 31.4. The number of hydrogen-bond acceptors (Lipinski definition) is 5. The maximum Gasteiger partial charge on any atom is 0.0834 e. The van der Waals surface area contributed by atoms with Crippen LogP contribution >= 0.6 is 11.3 Å². The zero-order valence-corrected chi connectivity index (χ0v) is 10.8. The van der Waals surface area contributed by atoms with Crippen molar-refractivity contribution < 1.29 is 5.11 Å². The predicted molar refractivity (Wildman–Crippen MR) is 68.0 cm³/mol. The average molecular weight is 253 g/mol. The average Bonchev–Trinajstić information content (AvgIpc) is 3.00. The molecule has 5 heteroatoms. The van der Waals surface area contributed by atoms with Crippen LogP contribution in [0.25, 0.3) is 0 Å². The molecule has 2 fully saturated rings. The molecule has 2 saturated heterocycles. The van der Waals surface area contributed by atoms with Crippen molar-refractivity contribution in [2.45, 2.75) is 31.5 Å². The van der Waals surface area contributed by atoms with E-state index in [1.807, 2.05) is 11.7 Å². The summed E-state index contributed by atoms with van der Waals surface area (Å²) in [6.45, 7) is 5.07. The van der Waals surface area contributed by atoms with Gasteiger partial charge < -0.3 is 5.11 Å². The molecule has 0 aromatic carbocycles. The van der Waals surface area contributed by atoms with Gasteiger partial charge in [-0.2, -0.15) is 0 Å². The topological polar surface area (TPSA) is 39.6 Å². The quantitative estimate of drug-likeness (QED) is 0.864. The second-order valence-corrected chi connectivity index (χ2v) is 6.01. The van der Waals surface area contributed by atoms with E-state index in [-0.39, 0.29) is 6.10 Å². The molecule has 3 heterocycles. The SMILES string of the molecule is O[C@H]1CN(Cc2cncs2)C[C@@H]1N1CCCC1. The Balaban J connectivity index is 1.59. The van der Waals surface area contributed by atoms with Gasteiger partial charge in [-0.1, -0.05) is 0 Å². The molecule has 0 amide bonds. The molecule has 2 atom stereocenters. The third kappa shape index (κ3) is 2.52. The zero-order valence-electron chi connectivity index (χ0n) is 9.96. The highest BCUT2D eigenvalue weighted by molar-refractivity contribution is 7.09. The first kappa shape index (κ1) is 11.6. The van der Waals surface area contributed by atoms with Gasteiger partial charge in [0.05, 0.1) is 11.6 Å². The Kier molecular flexibility index (Phi) is 3.42. The number of β-amino-alcohol motifs (C(OH)–C–C–N with tert-alkyl or cyclic N) is 1. The number of thiazole rings is 1. The molecule has 0 spiro atoms. The summed E-state index contributed by atoms with van der Waals surface area (Å²) in [6, 6.07) is 0.352. The van der Waals surface area contributed by atoms with Gasteiger partial charge in [0.2, 0.25) is 0 Å². The first-order chi connectivity index (χ1) is 8.33. The monoisotopic (exact) mass is 253 g/mol. The van der Waals surface area contributed by atoms with Gasteiger partial charge in [0.1, 0.15) is 0 Å². The largest absolute Gasteiger partial charge is 0.390 e. The van der Waals surface area contributed by atoms with E-state index in [1.54, 1.807) is 11.3 Å². The van der Waals surface area contributed by atoms with Crippen molar-refractivity contribution >= 4 is 11.3 Å². The van der Waals surface area contributed by atoms with Crippen LogP contribution < -0.4 is 0 Å². The third-order valence-electron chi connectivity index (χ3n) is 3.81. The Morgan fingerprint density at radius 3 is 2.88 bits per heavy atom. The van der Waals surface area contributed by atoms with Crippen molar-refractivity contribution in [3.05, 3.63) is 16.6 Å². The standard InChI is InChI=1S/C12H19N3OS/c16-12-8-14(6-10-5-13-9-17-10)7-11(12)15-3-1-2-4-15/h5,9,11-12,16H,1-4,6-8H2/t11-,12-/m0/s1. The van der Waals surface area contributed by atoms with E-state index in [0.717, 1.165) is 32.7 Å². The van der Waals surface area contributed by atoms with Crippen molar-refractivity contribution in [2.75, 3.05) is 26.2 Å². The Bertz CT molecular complexity index is 351. The minimum absolute atomic E-state index is 0.180. The van der Waals surface area contributed by atoms with Gasteiger partial charge in [0.25, 0.3) is 0 Å². The van der Waals surface area contributed by atoms with E-state index in [2.05, 4.69) is 14.8 Å². The first-order valence-electron chi connectivity index (χ1n) is 6.35. The fourth-order valence-electron chi connectivity index (χ4n) is 2.95. The number of hydrogen-bond donors (Lipinski definition) is 1. The highest BCUT2D eigenvalue weighted by Crippen LogP contribution is 2.22. The van der Waals surface area contributed by atoms with Crippen LogP contribution in [0.15, 0.2) is 11.7 Å². The van der Waals surface area contributed by atoms with Gasteiger partial charge in [-0.3, -0.25) is 14.8 Å². The summed E-state index contributed by atoms with van der Waals surface area (Å²) in [7, 11) is 0. The van der Waals surface area contributed by atoms with Crippen LogP contribution in [0.2, 0.25) is 0 Å². The van der Waals surface area contributed by atoms with Crippen molar-refractivity contribution in [1.82, 2.24) is 14.8 Å². The fourth-order valence-corrected chi connectivity index (χ4v) is 3.58. The van der Waals surface area contributed by atoms with E-state index in [4.69, 9.17) is 0 Å². The first-order valence-corrected chi connectivity index (χ1v) is 7.23. The van der Waals surface area contributed by atoms with Gasteiger partial charge in [0.15, 0.2) is 0 Å². The molecule has 3 rings (SSSR count). The minimum Gasteiger partial charge on any atom is -0.390 e. The van der Waals surface area contributed by atoms with Crippen LogP contribution in [0.1, 0.15) is 17.7 Å². The molecule has 0 saturated carbocycles. The molecule has 17 heavy (non-hydrogen) atoms. The Hall–Kier alpha value is -0.490. The van der Waals surface area contributed by atoms with Crippen molar-refractivity contribution in [3.8, 4) is 0 Å². The van der Waals surface area contributed by atoms with Gasteiger partial charge in [-0.15, -0.1) is 11.3 Å². The maximum atomic E-state index is 10.2. The fraction of sp³-hybridized carbons (Fsp3) is 0.750. The molecule has 1 aromatic heterocycles. The molecule has 0 bridgehead atoms. The summed E-state index contributed by atoms with van der Waals surface area (Å²) in [4.78, 5) is 10.2. The van der Waals surface area contributed by atoms with Crippen molar-refractivity contribution in [1.29, 1.82) is 0 Å². The number of nitrogens with zero attached hydrogens (tertiary/aromatic N) is 3. The van der Waals surface area contributed by atoms with E-state index in [0.29, 0.717) is 6.04 Å². The Morgan fingerprint density at radius 1 is 1.35 bits per heavy atom. The number of rotatable bonds is 3. The Morgan fingerprint density at radius 2 is 2.18 bits per heavy atom. The molecule has 2 aliphatic rings. The molecule has 1 N–H and O–H groups in total. The van der Waals surface area contributed by atoms with Crippen LogP contribution in [-0.2, 0) is 6.54 Å². The van der Waals surface area contributed by atoms with E-state index in [1.165, 1.54) is 17.7 Å². The van der Waals surface area contributed by atoms with Gasteiger partial charge in [-0.05, 0) is 25.9 Å². The lowest BCUT2D eigenvalue weighted by atomic mass is 10.2. The highest BCUT2D eigenvalue weighted by atomic mass is 32.1. The molecule has 94 valence electrons. The number of aromatic nitrogens is 1. The molecular weight excluding hydrogens is 234 g/mol. The minimum atomic E-state index is -0.180. The van der Waals surface area contributed by atoms with Gasteiger partial charge in [0, 0.05) is 36.8 Å². The molecule has 2 aliphatic heterocycles. The highest BCUT2D eigenvalue weighted by Gasteiger charge is 2.36. The predicted octanol–water partition coefficient (Wildman–Crippen LogP) is 0.784. The van der Waals surface area contributed by atoms with E-state index < -0.39 is 0 Å². The second kappa shape index (κ2) is 5.02. The van der Waals surface area contributed by atoms with Crippen LogP contribution in [0.5, 0.6) is 0 Å². The van der Waals surface area contributed by atoms with Crippen LogP contribution in [-0.4, -0.2) is 58.2 Å². The van der Waals surface area contributed by atoms with Crippen LogP contribution in [0.4, 0.5) is 0 Å². The molecule has 0 radical (unpaired) electrons. The number of aliphatic hydroxyl groups excluding tert-OH is 1. The molecule has 1 aromatic rings. The molecule has 0 aliphatic carbocycles. The van der Waals surface area contributed by atoms with Crippen LogP contribution in [0.3, 0.4) is 0 Å². The lowest BCUT2D eigenvalue weighted by Crippen LogP contribution is -2.41. The molecule has 0 unspecified atom stereocenters. The lowest BCUT2D eigenvalue weighted by Gasteiger charge is -2.25. The van der Waals surface area contributed by atoms with Gasteiger partial charge in [-0.25, -0.2) is 0 Å². The number of aliphatic hydroxyl groups is 1. The summed E-state index contributed by atoms with van der Waals surface area (Å²) in [6.07, 6.45) is 4.33. The van der Waals surface area contributed by atoms with Crippen molar-refractivity contribution in [2.24, 2.45) is 0 Å². The van der Waals surface area contributed by atoms with Gasteiger partial charge >= 0.3 is 0 Å². The summed E-state index contributed by atoms with van der Waals surface area (Å²) >= 11 is 1.70. The summed E-state index contributed by atoms with van der Waals surface area (Å²) in [5.74, 6) is 0. The van der Waals surface area contributed by atoms with E-state index in [9.17, 15) is 5.11 Å². The summed E-state index contributed by atoms with van der Waals surface area (Å²) in [5.41, 5.74) is 1.87. The summed E-state index contributed by atoms with van der Waals surface area (Å²) in [5, 5.41) is 10.2. The summed E-state index contributed by atoms with van der Waals surface area (Å²) < 4.78 is 0. The second-order valence-electron chi connectivity index (χ2n) is 5.04. The smallest absolute Gasteiger partial charge is 0.0834 e.